The quantitative estimate of drug-likeness (QED) is 0.819. The summed E-state index contributed by atoms with van der Waals surface area (Å²) in [5.74, 6) is 0.441. The molecule has 0 bridgehead atoms. The molecular formula is C12H9Cl3N2O2. The van der Waals surface area contributed by atoms with Gasteiger partial charge in [-0.1, -0.05) is 11.6 Å². The van der Waals surface area contributed by atoms with Crippen LogP contribution < -0.4 is 5.73 Å². The Morgan fingerprint density at radius 1 is 1.32 bits per heavy atom. The fourth-order valence-electron chi connectivity index (χ4n) is 2.14. The molecule has 0 saturated heterocycles. The van der Waals surface area contributed by atoms with Crippen molar-refractivity contribution in [1.29, 1.82) is 0 Å². The predicted molar refractivity (Wildman–Crippen MR) is 77.1 cm³/mol. The van der Waals surface area contributed by atoms with Crippen molar-refractivity contribution < 1.29 is 9.53 Å². The Labute approximate surface area is 125 Å². The van der Waals surface area contributed by atoms with Gasteiger partial charge in [0.15, 0.2) is 0 Å². The van der Waals surface area contributed by atoms with Gasteiger partial charge in [-0.2, -0.15) is 0 Å². The lowest BCUT2D eigenvalue weighted by Crippen LogP contribution is -2.00. The molecule has 0 unspecified atom stereocenters. The molecule has 100 valence electrons. The highest BCUT2D eigenvalue weighted by molar-refractivity contribution is 6.68. The number of hydrogen-bond acceptors (Lipinski definition) is 4. The summed E-state index contributed by atoms with van der Waals surface area (Å²) in [7, 11) is 0. The standard InChI is InChI=1S/C12H8Cl2N2O2.ClH/c13-9-2-10-5(1-6(9)11(14)17)7-3-18-4-8(7)12(15)16-10;/h1-2H,3-4H2,(H2,15,16);1H. The Hall–Kier alpha value is -1.07. The van der Waals surface area contributed by atoms with E-state index in [4.69, 9.17) is 33.7 Å². The Balaban J connectivity index is 0.00000133. The molecule has 1 aromatic heterocycles. The molecular weight excluding hydrogens is 311 g/mol. The summed E-state index contributed by atoms with van der Waals surface area (Å²) in [6.07, 6.45) is 0. The van der Waals surface area contributed by atoms with Gasteiger partial charge < -0.3 is 10.5 Å². The van der Waals surface area contributed by atoms with Gasteiger partial charge in [0.2, 0.25) is 0 Å². The van der Waals surface area contributed by atoms with Crippen molar-refractivity contribution in [1.82, 2.24) is 4.98 Å². The fourth-order valence-corrected chi connectivity index (χ4v) is 2.59. The molecule has 2 heterocycles. The molecule has 7 heteroatoms. The number of pyridine rings is 1. The third-order valence-corrected chi connectivity index (χ3v) is 3.55. The van der Waals surface area contributed by atoms with Gasteiger partial charge in [-0.15, -0.1) is 12.4 Å². The average Bonchev–Trinajstić information content (AvgIpc) is 2.77. The molecule has 1 aromatic carbocycles. The number of halogens is 3. The summed E-state index contributed by atoms with van der Waals surface area (Å²) < 4.78 is 5.36. The minimum absolute atomic E-state index is 0. The van der Waals surface area contributed by atoms with Gasteiger partial charge in [-0.25, -0.2) is 4.98 Å². The van der Waals surface area contributed by atoms with Crippen LogP contribution in [0.3, 0.4) is 0 Å². The SMILES string of the molecule is Cl.Nc1nc2cc(Cl)c(C(=O)Cl)cc2c2c1COC2. The number of nitrogens with zero attached hydrogens (tertiary/aromatic N) is 1. The number of carbonyl (C=O) groups excluding carboxylic acids is 1. The van der Waals surface area contributed by atoms with E-state index in [2.05, 4.69) is 4.98 Å². The van der Waals surface area contributed by atoms with Gasteiger partial charge in [0.05, 0.1) is 29.3 Å². The number of rotatable bonds is 1. The zero-order chi connectivity index (χ0) is 12.9. The van der Waals surface area contributed by atoms with E-state index in [0.717, 1.165) is 16.5 Å². The lowest BCUT2D eigenvalue weighted by atomic mass is 10.0. The maximum absolute atomic E-state index is 11.3. The molecule has 3 rings (SSSR count). The van der Waals surface area contributed by atoms with E-state index in [-0.39, 0.29) is 23.0 Å². The van der Waals surface area contributed by atoms with Gasteiger partial charge in [-0.3, -0.25) is 4.79 Å². The predicted octanol–water partition coefficient (Wildman–Crippen LogP) is 3.30. The third kappa shape index (κ3) is 2.25. The number of carbonyl (C=O) groups is 1. The molecule has 4 nitrogen and oxygen atoms in total. The molecule has 0 atom stereocenters. The zero-order valence-electron chi connectivity index (χ0n) is 9.57. The number of fused-ring (bicyclic) bond motifs is 3. The molecule has 0 amide bonds. The van der Waals surface area contributed by atoms with Crippen LogP contribution in [0.15, 0.2) is 12.1 Å². The molecule has 1 aliphatic heterocycles. The van der Waals surface area contributed by atoms with E-state index in [1.54, 1.807) is 12.1 Å². The molecule has 2 N–H and O–H groups in total. The second-order valence-electron chi connectivity index (χ2n) is 4.07. The van der Waals surface area contributed by atoms with Gasteiger partial charge in [-0.05, 0) is 29.3 Å². The number of ether oxygens (including phenoxy) is 1. The summed E-state index contributed by atoms with van der Waals surface area (Å²) >= 11 is 11.5. The first-order valence-electron chi connectivity index (χ1n) is 5.26. The van der Waals surface area contributed by atoms with E-state index in [0.29, 0.717) is 24.5 Å². The number of aromatic nitrogens is 1. The van der Waals surface area contributed by atoms with Crippen molar-refractivity contribution in [2.75, 3.05) is 5.73 Å². The highest BCUT2D eigenvalue weighted by atomic mass is 35.5. The van der Waals surface area contributed by atoms with Crippen LogP contribution in [-0.2, 0) is 18.0 Å². The highest BCUT2D eigenvalue weighted by Gasteiger charge is 2.21. The maximum Gasteiger partial charge on any atom is 0.253 e. The summed E-state index contributed by atoms with van der Waals surface area (Å²) in [6, 6.07) is 3.24. The van der Waals surface area contributed by atoms with Crippen LogP contribution in [0, 0.1) is 0 Å². The molecule has 0 aliphatic carbocycles. The van der Waals surface area contributed by atoms with Crippen molar-refractivity contribution in [2.24, 2.45) is 0 Å². The Bertz CT molecular complexity index is 688. The average molecular weight is 320 g/mol. The monoisotopic (exact) mass is 318 g/mol. The first-order valence-corrected chi connectivity index (χ1v) is 6.01. The van der Waals surface area contributed by atoms with E-state index in [1.165, 1.54) is 0 Å². The molecule has 0 saturated carbocycles. The van der Waals surface area contributed by atoms with Crippen molar-refractivity contribution in [3.8, 4) is 0 Å². The largest absolute Gasteiger partial charge is 0.383 e. The minimum atomic E-state index is -0.591. The Morgan fingerprint density at radius 2 is 2.00 bits per heavy atom. The third-order valence-electron chi connectivity index (χ3n) is 3.03. The van der Waals surface area contributed by atoms with E-state index in [9.17, 15) is 4.79 Å². The minimum Gasteiger partial charge on any atom is -0.383 e. The number of nitrogens with two attached hydrogens (primary N) is 1. The first-order chi connectivity index (χ1) is 8.58. The lowest BCUT2D eigenvalue weighted by molar-refractivity contribution is 0.108. The van der Waals surface area contributed by atoms with Crippen LogP contribution in [0.4, 0.5) is 5.82 Å². The molecule has 1 aliphatic rings. The summed E-state index contributed by atoms with van der Waals surface area (Å²) in [5.41, 5.74) is 8.60. The number of anilines is 1. The number of nitrogen functional groups attached to an aromatic ring is 1. The number of benzene rings is 1. The Morgan fingerprint density at radius 3 is 2.68 bits per heavy atom. The van der Waals surface area contributed by atoms with E-state index < -0.39 is 5.24 Å². The summed E-state index contributed by atoms with van der Waals surface area (Å²) in [4.78, 5) is 15.5. The highest BCUT2D eigenvalue weighted by Crippen LogP contribution is 2.34. The number of hydrogen-bond donors (Lipinski definition) is 1. The van der Waals surface area contributed by atoms with Gasteiger partial charge in [0.25, 0.3) is 5.24 Å². The van der Waals surface area contributed by atoms with E-state index >= 15 is 0 Å². The van der Waals surface area contributed by atoms with Crippen molar-refractivity contribution in [3.63, 3.8) is 0 Å². The molecule has 2 aromatic rings. The second kappa shape index (κ2) is 5.13. The molecule has 0 spiro atoms. The van der Waals surface area contributed by atoms with Crippen LogP contribution in [0.5, 0.6) is 0 Å². The zero-order valence-corrected chi connectivity index (χ0v) is 11.9. The molecule has 0 radical (unpaired) electrons. The van der Waals surface area contributed by atoms with Crippen LogP contribution in [-0.4, -0.2) is 10.2 Å². The van der Waals surface area contributed by atoms with Crippen LogP contribution in [0.2, 0.25) is 5.02 Å². The van der Waals surface area contributed by atoms with Crippen LogP contribution >= 0.6 is 35.6 Å². The molecule has 0 fully saturated rings. The lowest BCUT2D eigenvalue weighted by Gasteiger charge is -2.08. The summed E-state index contributed by atoms with van der Waals surface area (Å²) in [5, 5.41) is 0.491. The van der Waals surface area contributed by atoms with Gasteiger partial charge in [0, 0.05) is 10.9 Å². The van der Waals surface area contributed by atoms with Crippen LogP contribution in [0.1, 0.15) is 21.5 Å². The van der Waals surface area contributed by atoms with Crippen molar-refractivity contribution >= 4 is 57.6 Å². The fraction of sp³-hybridized carbons (Fsp3) is 0.167. The summed E-state index contributed by atoms with van der Waals surface area (Å²) in [6.45, 7) is 0.896. The maximum atomic E-state index is 11.3. The first kappa shape index (κ1) is 14.3. The topological polar surface area (TPSA) is 65.2 Å². The van der Waals surface area contributed by atoms with Crippen LogP contribution in [0.25, 0.3) is 10.9 Å². The van der Waals surface area contributed by atoms with Crippen molar-refractivity contribution in [2.45, 2.75) is 13.2 Å². The van der Waals surface area contributed by atoms with Gasteiger partial charge >= 0.3 is 0 Å². The van der Waals surface area contributed by atoms with Crippen molar-refractivity contribution in [3.05, 3.63) is 33.8 Å². The molecule has 19 heavy (non-hydrogen) atoms. The normalized spacial score (nSPS) is 13.2. The second-order valence-corrected chi connectivity index (χ2v) is 4.82. The van der Waals surface area contributed by atoms with Gasteiger partial charge in [0.1, 0.15) is 5.82 Å². The van der Waals surface area contributed by atoms with E-state index in [1.807, 2.05) is 0 Å². The Kier molecular flexibility index (Phi) is 3.87. The smallest absolute Gasteiger partial charge is 0.253 e.